The Morgan fingerprint density at radius 3 is 2.46 bits per heavy atom. The van der Waals surface area contributed by atoms with Gasteiger partial charge in [0.15, 0.2) is 11.5 Å². The van der Waals surface area contributed by atoms with Crippen molar-refractivity contribution < 1.29 is 42.1 Å². The smallest absolute Gasteiger partial charge is 0.497 e. The first-order chi connectivity index (χ1) is 18.7. The van der Waals surface area contributed by atoms with Crippen LogP contribution in [0.25, 0.3) is 0 Å². The van der Waals surface area contributed by atoms with Crippen LogP contribution >= 0.6 is 0 Å². The summed E-state index contributed by atoms with van der Waals surface area (Å²) >= 11 is 0. The normalized spacial score (nSPS) is 21.2. The Morgan fingerprint density at radius 2 is 1.72 bits per heavy atom. The Balaban J connectivity index is 1.30. The molecule has 3 aliphatic rings. The number of hydrogen-bond donors (Lipinski definition) is 1. The highest BCUT2D eigenvalue weighted by Crippen LogP contribution is 2.51. The van der Waals surface area contributed by atoms with Crippen LogP contribution in [-0.4, -0.2) is 32.4 Å². The minimum Gasteiger partial charge on any atom is -0.497 e. The molecular formula is C29H25F2NO7. The Hall–Kier alpha value is -4.34. The van der Waals surface area contributed by atoms with Crippen molar-refractivity contribution in [2.45, 2.75) is 43.1 Å². The quantitative estimate of drug-likeness (QED) is 0.431. The van der Waals surface area contributed by atoms with Crippen molar-refractivity contribution in [3.8, 4) is 23.0 Å². The topological polar surface area (TPSA) is 92.3 Å². The lowest BCUT2D eigenvalue weighted by Crippen LogP contribution is -2.40. The largest absolute Gasteiger partial charge is 0.586 e. The van der Waals surface area contributed by atoms with Gasteiger partial charge in [-0.25, -0.2) is 4.79 Å². The van der Waals surface area contributed by atoms with Crippen molar-refractivity contribution >= 4 is 11.9 Å². The molecule has 202 valence electrons. The van der Waals surface area contributed by atoms with E-state index in [1.807, 2.05) is 6.07 Å². The summed E-state index contributed by atoms with van der Waals surface area (Å²) in [6.07, 6.45) is -2.62. The first kappa shape index (κ1) is 25.0. The zero-order valence-electron chi connectivity index (χ0n) is 21.2. The van der Waals surface area contributed by atoms with Gasteiger partial charge in [0.05, 0.1) is 31.2 Å². The van der Waals surface area contributed by atoms with Crippen LogP contribution in [0.3, 0.4) is 0 Å². The number of benzene rings is 3. The molecule has 3 aromatic carbocycles. The molecule has 1 saturated carbocycles. The number of rotatable bonds is 6. The van der Waals surface area contributed by atoms with Crippen LogP contribution in [0.1, 0.15) is 58.3 Å². The number of ether oxygens (including phenoxy) is 5. The zero-order chi connectivity index (χ0) is 27.4. The van der Waals surface area contributed by atoms with Gasteiger partial charge in [0, 0.05) is 12.0 Å². The van der Waals surface area contributed by atoms with E-state index in [4.69, 9.17) is 14.2 Å². The van der Waals surface area contributed by atoms with E-state index in [1.54, 1.807) is 49.6 Å². The van der Waals surface area contributed by atoms with Crippen molar-refractivity contribution in [1.82, 2.24) is 5.32 Å². The molecule has 6 rings (SSSR count). The number of carbonyl (C=O) groups is 2. The van der Waals surface area contributed by atoms with Crippen LogP contribution in [0.15, 0.2) is 60.7 Å². The first-order valence-corrected chi connectivity index (χ1v) is 12.5. The van der Waals surface area contributed by atoms with Crippen LogP contribution < -0.4 is 24.3 Å². The molecule has 0 bridgehead atoms. The van der Waals surface area contributed by atoms with E-state index in [-0.39, 0.29) is 17.4 Å². The predicted molar refractivity (Wildman–Crippen MR) is 133 cm³/mol. The molecule has 10 heteroatoms. The van der Waals surface area contributed by atoms with E-state index in [9.17, 15) is 18.4 Å². The molecule has 3 aromatic rings. The average Bonchev–Trinajstić information content (AvgIpc) is 3.65. The highest BCUT2D eigenvalue weighted by molar-refractivity contribution is 5.89. The fraction of sp³-hybridized carbons (Fsp3) is 0.310. The molecule has 1 N–H and O–H groups in total. The van der Waals surface area contributed by atoms with E-state index >= 15 is 0 Å². The van der Waals surface area contributed by atoms with Gasteiger partial charge < -0.3 is 29.0 Å². The molecule has 8 nitrogen and oxygen atoms in total. The molecule has 1 aliphatic carbocycles. The second kappa shape index (κ2) is 9.14. The number of carbonyl (C=O) groups excluding carboxylic acids is 2. The number of halogens is 2. The summed E-state index contributed by atoms with van der Waals surface area (Å²) in [6, 6.07) is 16.8. The second-order valence-corrected chi connectivity index (χ2v) is 9.82. The number of methoxy groups -OCH3 is 2. The van der Waals surface area contributed by atoms with Crippen LogP contribution in [-0.2, 0) is 15.1 Å². The molecule has 1 amide bonds. The van der Waals surface area contributed by atoms with Crippen molar-refractivity contribution in [3.63, 3.8) is 0 Å². The summed E-state index contributed by atoms with van der Waals surface area (Å²) in [5.74, 6) is -0.304. The Labute approximate surface area is 222 Å². The molecule has 0 unspecified atom stereocenters. The summed E-state index contributed by atoms with van der Waals surface area (Å²) in [5.41, 5.74) is 1.75. The molecule has 39 heavy (non-hydrogen) atoms. The van der Waals surface area contributed by atoms with E-state index in [2.05, 4.69) is 14.8 Å². The standard InChI is InChI=1S/C29H25F2NO7/c1-35-19-7-9-22-20(14-19)21(15-24(37-22)16-4-3-5-17(12-16)27(34)36-2)26(33)32-28(10-11-28)18-6-8-23-25(13-18)39-29(30,31)38-23/h3-9,12-14,21,24H,10-11,15H2,1-2H3,(H,32,33)/t21-,24-/m1/s1. The number of fused-ring (bicyclic) bond motifs is 2. The van der Waals surface area contributed by atoms with Gasteiger partial charge in [-0.3, -0.25) is 4.79 Å². The third-order valence-corrected chi connectivity index (χ3v) is 7.37. The van der Waals surface area contributed by atoms with E-state index < -0.39 is 29.8 Å². The SMILES string of the molecule is COC(=O)c1cccc([C@H]2C[C@@H](C(=O)NC3(c4ccc5c(c4)OC(F)(F)O5)CC3)c3cc(OC)ccc3O2)c1. The number of nitrogens with one attached hydrogen (secondary N) is 1. The van der Waals surface area contributed by atoms with Crippen molar-refractivity contribution in [1.29, 1.82) is 0 Å². The molecule has 2 heterocycles. The van der Waals surface area contributed by atoms with Gasteiger partial charge >= 0.3 is 12.3 Å². The van der Waals surface area contributed by atoms with E-state index in [0.717, 1.165) is 5.56 Å². The van der Waals surface area contributed by atoms with Gasteiger partial charge in [-0.15, -0.1) is 8.78 Å². The number of hydrogen-bond acceptors (Lipinski definition) is 7. The molecular weight excluding hydrogens is 512 g/mol. The predicted octanol–water partition coefficient (Wildman–Crippen LogP) is 5.22. The summed E-state index contributed by atoms with van der Waals surface area (Å²) in [7, 11) is 2.86. The Morgan fingerprint density at radius 1 is 0.949 bits per heavy atom. The first-order valence-electron chi connectivity index (χ1n) is 12.5. The monoisotopic (exact) mass is 537 g/mol. The molecule has 0 aromatic heterocycles. The number of alkyl halides is 2. The minimum absolute atomic E-state index is 0.0478. The van der Waals surface area contributed by atoms with Crippen molar-refractivity contribution in [3.05, 3.63) is 82.9 Å². The lowest BCUT2D eigenvalue weighted by atomic mass is 9.85. The van der Waals surface area contributed by atoms with Crippen molar-refractivity contribution in [2.75, 3.05) is 14.2 Å². The lowest BCUT2D eigenvalue weighted by Gasteiger charge is -2.33. The maximum Gasteiger partial charge on any atom is 0.586 e. The second-order valence-electron chi connectivity index (χ2n) is 9.82. The minimum atomic E-state index is -3.72. The van der Waals surface area contributed by atoms with E-state index in [0.29, 0.717) is 47.5 Å². The average molecular weight is 538 g/mol. The zero-order valence-corrected chi connectivity index (χ0v) is 21.2. The Kier molecular flexibility index (Phi) is 5.85. The van der Waals surface area contributed by atoms with Gasteiger partial charge in [-0.2, -0.15) is 0 Å². The molecule has 0 radical (unpaired) electrons. The molecule has 0 spiro atoms. The molecule has 2 atom stereocenters. The number of esters is 1. The Bertz CT molecular complexity index is 1470. The number of amides is 1. The maximum absolute atomic E-state index is 13.9. The lowest BCUT2D eigenvalue weighted by molar-refractivity contribution is -0.286. The third-order valence-electron chi connectivity index (χ3n) is 7.37. The maximum atomic E-state index is 13.9. The van der Waals surface area contributed by atoms with Gasteiger partial charge in [0.2, 0.25) is 5.91 Å². The van der Waals surface area contributed by atoms with E-state index in [1.165, 1.54) is 19.2 Å². The highest BCUT2D eigenvalue weighted by atomic mass is 19.3. The molecule has 0 saturated heterocycles. The van der Waals surface area contributed by atoms with Gasteiger partial charge in [0.1, 0.15) is 17.6 Å². The summed E-state index contributed by atoms with van der Waals surface area (Å²) in [5, 5.41) is 3.16. The fourth-order valence-corrected chi connectivity index (χ4v) is 5.19. The van der Waals surface area contributed by atoms with Gasteiger partial charge in [-0.1, -0.05) is 18.2 Å². The summed E-state index contributed by atoms with van der Waals surface area (Å²) in [6.45, 7) is 0. The van der Waals surface area contributed by atoms with Crippen LogP contribution in [0.2, 0.25) is 0 Å². The summed E-state index contributed by atoms with van der Waals surface area (Å²) in [4.78, 5) is 26.0. The van der Waals surface area contributed by atoms with Crippen molar-refractivity contribution in [2.24, 2.45) is 0 Å². The van der Waals surface area contributed by atoms with Gasteiger partial charge in [-0.05, 0) is 66.4 Å². The fourth-order valence-electron chi connectivity index (χ4n) is 5.19. The third kappa shape index (κ3) is 4.60. The molecule has 2 aliphatic heterocycles. The van der Waals surface area contributed by atoms with Gasteiger partial charge in [0.25, 0.3) is 0 Å². The summed E-state index contributed by atoms with van der Waals surface area (Å²) < 4.78 is 52.7. The van der Waals surface area contributed by atoms with Crippen LogP contribution in [0, 0.1) is 0 Å². The molecule has 1 fully saturated rings. The van der Waals surface area contributed by atoms with Crippen LogP contribution in [0.4, 0.5) is 8.78 Å². The highest BCUT2D eigenvalue weighted by Gasteiger charge is 2.50. The van der Waals surface area contributed by atoms with Crippen LogP contribution in [0.5, 0.6) is 23.0 Å².